The molecule has 3 atom stereocenters. The van der Waals surface area contributed by atoms with Crippen molar-refractivity contribution in [1.29, 1.82) is 0 Å². The van der Waals surface area contributed by atoms with Gasteiger partial charge in [0.05, 0.1) is 22.2 Å². The zero-order valence-electron chi connectivity index (χ0n) is 16.0. The van der Waals surface area contributed by atoms with Crippen LogP contribution in [0.15, 0.2) is 12.1 Å². The third-order valence-corrected chi connectivity index (χ3v) is 7.58. The zero-order chi connectivity index (χ0) is 19.1. The van der Waals surface area contributed by atoms with Crippen molar-refractivity contribution in [3.8, 4) is 0 Å². The van der Waals surface area contributed by atoms with Crippen LogP contribution in [-0.4, -0.2) is 32.7 Å². The molecule has 4 fully saturated rings. The minimum absolute atomic E-state index is 0.0582. The number of aryl methyl sites for hydroxylation is 1. The van der Waals surface area contributed by atoms with Crippen LogP contribution in [0.3, 0.4) is 0 Å². The Bertz CT molecular complexity index is 939. The fraction of sp³-hybridized carbons (Fsp3) is 0.619. The standard InChI is InChI=1S/C21H25ClFN3O/c1-11(19-17-16(25(3)24-19)5-4-15(23)18(17)22)20(27)26-13-6-12-7-14(26)10-21(2,8-12)9-13/h4-5,11-14H,6-10H2,1-3H3. The van der Waals surface area contributed by atoms with E-state index in [1.54, 1.807) is 17.8 Å². The monoisotopic (exact) mass is 389 g/mol. The number of amides is 1. The number of nitrogens with zero attached hydrogens (tertiary/aromatic N) is 3. The molecule has 0 radical (unpaired) electrons. The number of carbonyl (C=O) groups excluding carboxylic acids is 1. The number of rotatable bonds is 2. The molecule has 4 aliphatic rings. The van der Waals surface area contributed by atoms with E-state index in [-0.39, 0.29) is 10.9 Å². The normalized spacial score (nSPS) is 33.1. The lowest BCUT2D eigenvalue weighted by Gasteiger charge is -2.61. The molecule has 2 aliphatic carbocycles. The first-order valence-electron chi connectivity index (χ1n) is 9.90. The van der Waals surface area contributed by atoms with E-state index in [4.69, 9.17) is 11.6 Å². The summed E-state index contributed by atoms with van der Waals surface area (Å²) in [6, 6.07) is 3.72. The van der Waals surface area contributed by atoms with Crippen molar-refractivity contribution in [1.82, 2.24) is 14.7 Å². The summed E-state index contributed by atoms with van der Waals surface area (Å²) in [4.78, 5) is 15.7. The first-order chi connectivity index (χ1) is 12.8. The van der Waals surface area contributed by atoms with Gasteiger partial charge in [-0.2, -0.15) is 5.10 Å². The number of benzene rings is 1. The van der Waals surface area contributed by atoms with E-state index in [1.165, 1.54) is 12.5 Å². The van der Waals surface area contributed by atoms with Crippen LogP contribution < -0.4 is 0 Å². The van der Waals surface area contributed by atoms with E-state index in [1.807, 2.05) is 6.92 Å². The van der Waals surface area contributed by atoms with Gasteiger partial charge in [0.1, 0.15) is 5.82 Å². The van der Waals surface area contributed by atoms with Crippen LogP contribution in [0.5, 0.6) is 0 Å². The van der Waals surface area contributed by atoms with Gasteiger partial charge in [-0.1, -0.05) is 18.5 Å². The number of halogens is 2. The van der Waals surface area contributed by atoms with Crippen LogP contribution in [0.2, 0.25) is 5.02 Å². The number of piperidine rings is 2. The second kappa shape index (κ2) is 5.69. The maximum atomic E-state index is 14.1. The predicted octanol–water partition coefficient (Wildman–Crippen LogP) is 4.65. The van der Waals surface area contributed by atoms with Crippen LogP contribution >= 0.6 is 11.6 Å². The second-order valence-corrected chi connectivity index (χ2v) is 9.68. The van der Waals surface area contributed by atoms with E-state index in [0.717, 1.165) is 37.1 Å². The zero-order valence-corrected chi connectivity index (χ0v) is 16.8. The van der Waals surface area contributed by atoms with Gasteiger partial charge in [-0.25, -0.2) is 4.39 Å². The highest BCUT2D eigenvalue weighted by Crippen LogP contribution is 2.56. The van der Waals surface area contributed by atoms with Gasteiger partial charge in [-0.15, -0.1) is 0 Å². The minimum atomic E-state index is -0.471. The third kappa shape index (κ3) is 2.47. The van der Waals surface area contributed by atoms with Gasteiger partial charge in [-0.05, 0) is 62.5 Å². The van der Waals surface area contributed by atoms with Crippen molar-refractivity contribution in [2.24, 2.45) is 18.4 Å². The van der Waals surface area contributed by atoms with Crippen LogP contribution in [0.25, 0.3) is 10.9 Å². The second-order valence-electron chi connectivity index (χ2n) is 9.30. The first kappa shape index (κ1) is 17.5. The molecular weight excluding hydrogens is 365 g/mol. The highest BCUT2D eigenvalue weighted by atomic mass is 35.5. The molecule has 3 unspecified atom stereocenters. The first-order valence-corrected chi connectivity index (χ1v) is 10.3. The van der Waals surface area contributed by atoms with Crippen LogP contribution in [-0.2, 0) is 11.8 Å². The van der Waals surface area contributed by atoms with Crippen molar-refractivity contribution >= 4 is 28.4 Å². The Labute approximate surface area is 163 Å². The Kier molecular flexibility index (Phi) is 3.69. The molecule has 6 heteroatoms. The lowest BCUT2D eigenvalue weighted by molar-refractivity contribution is -0.157. The molecule has 1 amide bonds. The Balaban J connectivity index is 1.52. The fourth-order valence-corrected chi connectivity index (χ4v) is 6.59. The molecule has 2 saturated heterocycles. The molecule has 27 heavy (non-hydrogen) atoms. The van der Waals surface area contributed by atoms with Crippen molar-refractivity contribution < 1.29 is 9.18 Å². The van der Waals surface area contributed by atoms with E-state index in [2.05, 4.69) is 16.9 Å². The maximum absolute atomic E-state index is 14.1. The molecule has 1 aromatic heterocycles. The molecule has 2 saturated carbocycles. The summed E-state index contributed by atoms with van der Waals surface area (Å²) in [6.07, 6.45) is 5.79. The van der Waals surface area contributed by atoms with Crippen molar-refractivity contribution in [2.75, 3.05) is 0 Å². The fourth-order valence-electron chi connectivity index (χ4n) is 6.33. The number of fused-ring (bicyclic) bond motifs is 1. The average molecular weight is 390 g/mol. The Hall–Kier alpha value is -1.62. The number of hydrogen-bond acceptors (Lipinski definition) is 2. The number of carbonyl (C=O) groups is 1. The SMILES string of the molecule is CC(C(=O)N1C2CC3CC1CC(C)(C3)C2)c1nn(C)c2ccc(F)c(Cl)c12. The summed E-state index contributed by atoms with van der Waals surface area (Å²) in [6.45, 7) is 4.27. The molecule has 144 valence electrons. The molecule has 3 heterocycles. The molecule has 0 spiro atoms. The summed E-state index contributed by atoms with van der Waals surface area (Å²) >= 11 is 6.26. The summed E-state index contributed by atoms with van der Waals surface area (Å²) in [5.41, 5.74) is 1.74. The quantitative estimate of drug-likeness (QED) is 0.749. The largest absolute Gasteiger partial charge is 0.336 e. The summed E-state index contributed by atoms with van der Waals surface area (Å²) in [5.74, 6) is -0.0157. The van der Waals surface area contributed by atoms with Gasteiger partial charge in [0.25, 0.3) is 0 Å². The minimum Gasteiger partial charge on any atom is -0.336 e. The molecule has 6 rings (SSSR count). The Morgan fingerprint density at radius 1 is 1.30 bits per heavy atom. The third-order valence-electron chi connectivity index (χ3n) is 7.21. The summed E-state index contributed by atoms with van der Waals surface area (Å²) in [5, 5.41) is 5.18. The molecule has 0 N–H and O–H groups in total. The van der Waals surface area contributed by atoms with Gasteiger partial charge < -0.3 is 4.90 Å². The van der Waals surface area contributed by atoms with Crippen molar-refractivity contribution in [3.63, 3.8) is 0 Å². The predicted molar refractivity (Wildman–Crippen MR) is 103 cm³/mol. The van der Waals surface area contributed by atoms with E-state index in [9.17, 15) is 9.18 Å². The molecule has 2 aromatic rings. The molecule has 4 bridgehead atoms. The van der Waals surface area contributed by atoms with Gasteiger partial charge in [0, 0.05) is 24.5 Å². The van der Waals surface area contributed by atoms with E-state index >= 15 is 0 Å². The lowest BCUT2D eigenvalue weighted by atomic mass is 9.56. The highest BCUT2D eigenvalue weighted by Gasteiger charge is 2.54. The topological polar surface area (TPSA) is 38.1 Å². The molecular formula is C21H25ClFN3O. The molecule has 4 nitrogen and oxygen atoms in total. The Morgan fingerprint density at radius 2 is 1.96 bits per heavy atom. The average Bonchev–Trinajstić information content (AvgIpc) is 2.92. The lowest BCUT2D eigenvalue weighted by Crippen LogP contribution is -2.63. The summed E-state index contributed by atoms with van der Waals surface area (Å²) < 4.78 is 15.8. The van der Waals surface area contributed by atoms with Crippen LogP contribution in [0.1, 0.15) is 57.6 Å². The van der Waals surface area contributed by atoms with Gasteiger partial charge in [0.15, 0.2) is 0 Å². The number of aromatic nitrogens is 2. The van der Waals surface area contributed by atoms with Gasteiger partial charge in [0.2, 0.25) is 5.91 Å². The van der Waals surface area contributed by atoms with Gasteiger partial charge >= 0.3 is 0 Å². The molecule has 2 aliphatic heterocycles. The van der Waals surface area contributed by atoms with Crippen molar-refractivity contribution in [2.45, 2.75) is 64.0 Å². The Morgan fingerprint density at radius 3 is 2.59 bits per heavy atom. The number of hydrogen-bond donors (Lipinski definition) is 0. The van der Waals surface area contributed by atoms with Crippen LogP contribution in [0, 0.1) is 17.2 Å². The highest BCUT2D eigenvalue weighted by molar-refractivity contribution is 6.35. The molecule has 1 aromatic carbocycles. The van der Waals surface area contributed by atoms with E-state index in [0.29, 0.717) is 28.6 Å². The maximum Gasteiger partial charge on any atom is 0.232 e. The van der Waals surface area contributed by atoms with Crippen molar-refractivity contribution in [3.05, 3.63) is 28.7 Å². The van der Waals surface area contributed by atoms with Gasteiger partial charge in [-0.3, -0.25) is 9.48 Å². The van der Waals surface area contributed by atoms with Crippen LogP contribution in [0.4, 0.5) is 4.39 Å². The summed E-state index contributed by atoms with van der Waals surface area (Å²) in [7, 11) is 1.81. The van der Waals surface area contributed by atoms with E-state index < -0.39 is 11.7 Å². The smallest absolute Gasteiger partial charge is 0.232 e.